The summed E-state index contributed by atoms with van der Waals surface area (Å²) in [7, 11) is -2.79. The molecule has 0 aromatic heterocycles. The summed E-state index contributed by atoms with van der Waals surface area (Å²) >= 11 is 0. The summed E-state index contributed by atoms with van der Waals surface area (Å²) in [6.07, 6.45) is 2.01. The molecular weight excluding hydrogens is 274 g/mol. The minimum absolute atomic E-state index is 0.242. The first-order valence-corrected chi connectivity index (χ1v) is 9.65. The van der Waals surface area contributed by atoms with E-state index in [4.69, 9.17) is 4.74 Å². The van der Waals surface area contributed by atoms with E-state index in [1.807, 2.05) is 13.8 Å². The first-order valence-electron chi connectivity index (χ1n) is 7.83. The zero-order valence-corrected chi connectivity index (χ0v) is 14.2. The van der Waals surface area contributed by atoms with Crippen LogP contribution in [0.5, 0.6) is 0 Å². The molecule has 0 aromatic carbocycles. The molecule has 1 aliphatic heterocycles. The van der Waals surface area contributed by atoms with Gasteiger partial charge in [-0.15, -0.1) is 0 Å². The lowest BCUT2D eigenvalue weighted by atomic mass is 9.89. The van der Waals surface area contributed by atoms with E-state index in [1.54, 1.807) is 0 Å². The van der Waals surface area contributed by atoms with Crippen molar-refractivity contribution in [3.63, 3.8) is 0 Å². The second-order valence-corrected chi connectivity index (χ2v) is 8.91. The van der Waals surface area contributed by atoms with Crippen LogP contribution in [0.3, 0.4) is 0 Å². The van der Waals surface area contributed by atoms with E-state index in [2.05, 4.69) is 19.2 Å². The molecule has 2 atom stereocenters. The molecule has 0 amide bonds. The van der Waals surface area contributed by atoms with Crippen molar-refractivity contribution in [2.24, 2.45) is 17.8 Å². The summed E-state index contributed by atoms with van der Waals surface area (Å²) in [6, 6.07) is 0. The second kappa shape index (κ2) is 8.35. The molecule has 1 heterocycles. The van der Waals surface area contributed by atoms with E-state index in [9.17, 15) is 8.42 Å². The lowest BCUT2D eigenvalue weighted by molar-refractivity contribution is 0.0633. The molecule has 1 N–H and O–H groups in total. The van der Waals surface area contributed by atoms with Gasteiger partial charge in [-0.1, -0.05) is 13.8 Å². The van der Waals surface area contributed by atoms with Gasteiger partial charge < -0.3 is 10.1 Å². The highest BCUT2D eigenvalue weighted by atomic mass is 32.2. The Morgan fingerprint density at radius 1 is 1.20 bits per heavy atom. The Kier molecular flexibility index (Phi) is 7.48. The zero-order valence-electron chi connectivity index (χ0n) is 13.4. The smallest absolute Gasteiger partial charge is 0.150 e. The fourth-order valence-electron chi connectivity index (χ4n) is 2.71. The van der Waals surface area contributed by atoms with Gasteiger partial charge in [-0.3, -0.25) is 0 Å². The van der Waals surface area contributed by atoms with Crippen molar-refractivity contribution in [3.05, 3.63) is 0 Å². The molecule has 1 aliphatic rings. The molecule has 1 fully saturated rings. The third-order valence-electron chi connectivity index (χ3n) is 3.83. The highest BCUT2D eigenvalue weighted by Crippen LogP contribution is 2.28. The lowest BCUT2D eigenvalue weighted by Crippen LogP contribution is -2.32. The number of rotatable bonds is 9. The summed E-state index contributed by atoms with van der Waals surface area (Å²) in [5.74, 6) is 2.06. The maximum Gasteiger partial charge on any atom is 0.150 e. The number of hydrogen-bond donors (Lipinski definition) is 1. The summed E-state index contributed by atoms with van der Waals surface area (Å²) < 4.78 is 28.9. The van der Waals surface area contributed by atoms with E-state index in [1.165, 1.54) is 0 Å². The molecule has 5 heteroatoms. The molecule has 0 radical (unpaired) electrons. The average Bonchev–Trinajstić information content (AvgIpc) is 2.67. The van der Waals surface area contributed by atoms with Gasteiger partial charge in [0.25, 0.3) is 0 Å². The third kappa shape index (κ3) is 7.04. The van der Waals surface area contributed by atoms with Crippen LogP contribution in [0.2, 0.25) is 0 Å². The third-order valence-corrected chi connectivity index (χ3v) is 5.63. The van der Waals surface area contributed by atoms with Crippen LogP contribution in [0.15, 0.2) is 0 Å². The Bertz CT molecular complexity index is 351. The van der Waals surface area contributed by atoms with Crippen molar-refractivity contribution in [2.45, 2.75) is 46.6 Å². The predicted molar refractivity (Wildman–Crippen MR) is 83.7 cm³/mol. The Morgan fingerprint density at radius 3 is 2.40 bits per heavy atom. The summed E-state index contributed by atoms with van der Waals surface area (Å²) in [5.41, 5.74) is 0. The zero-order chi connectivity index (χ0) is 15.2. The van der Waals surface area contributed by atoms with Gasteiger partial charge in [0.15, 0.2) is 9.84 Å². The first kappa shape index (κ1) is 17.9. The van der Waals surface area contributed by atoms with Crippen molar-refractivity contribution < 1.29 is 13.2 Å². The van der Waals surface area contributed by atoms with Gasteiger partial charge in [-0.25, -0.2) is 8.42 Å². The molecule has 2 unspecified atom stereocenters. The number of ether oxygens (including phenoxy) is 1. The maximum atomic E-state index is 11.7. The quantitative estimate of drug-likeness (QED) is 0.709. The average molecular weight is 305 g/mol. The maximum absolute atomic E-state index is 11.7. The molecule has 1 saturated heterocycles. The molecule has 0 spiro atoms. The molecule has 0 aromatic rings. The topological polar surface area (TPSA) is 55.4 Å². The summed E-state index contributed by atoms with van der Waals surface area (Å²) in [4.78, 5) is 0. The fraction of sp³-hybridized carbons (Fsp3) is 1.00. The van der Waals surface area contributed by atoms with Crippen LogP contribution in [0.4, 0.5) is 0 Å². The van der Waals surface area contributed by atoms with Crippen molar-refractivity contribution in [1.82, 2.24) is 5.32 Å². The number of hydrogen-bond acceptors (Lipinski definition) is 4. The monoisotopic (exact) mass is 305 g/mol. The van der Waals surface area contributed by atoms with Crippen LogP contribution in [-0.4, -0.2) is 45.7 Å². The van der Waals surface area contributed by atoms with Crippen molar-refractivity contribution in [3.8, 4) is 0 Å². The summed E-state index contributed by atoms with van der Waals surface area (Å²) in [5, 5.41) is 3.48. The van der Waals surface area contributed by atoms with Gasteiger partial charge in [0, 0.05) is 6.61 Å². The first-order chi connectivity index (χ1) is 9.30. The van der Waals surface area contributed by atoms with Gasteiger partial charge in [0.2, 0.25) is 0 Å². The Hall–Kier alpha value is -0.130. The van der Waals surface area contributed by atoms with Crippen molar-refractivity contribution in [1.29, 1.82) is 0 Å². The molecule has 20 heavy (non-hydrogen) atoms. The molecule has 0 bridgehead atoms. The molecule has 1 rings (SSSR count). The fourth-order valence-corrected chi connectivity index (χ4v) is 4.63. The minimum atomic E-state index is -2.79. The van der Waals surface area contributed by atoms with Gasteiger partial charge >= 0.3 is 0 Å². The number of sulfone groups is 1. The van der Waals surface area contributed by atoms with Crippen LogP contribution in [-0.2, 0) is 14.6 Å². The number of nitrogens with one attached hydrogen (secondary N) is 1. The van der Waals surface area contributed by atoms with Crippen molar-refractivity contribution in [2.75, 3.05) is 31.2 Å². The molecule has 0 aliphatic carbocycles. The predicted octanol–water partition coefficient (Wildman–Crippen LogP) is 2.10. The van der Waals surface area contributed by atoms with E-state index in [-0.39, 0.29) is 6.10 Å². The molecule has 120 valence electrons. The summed E-state index contributed by atoms with van der Waals surface area (Å²) in [6.45, 7) is 11.1. The van der Waals surface area contributed by atoms with Crippen molar-refractivity contribution >= 4 is 9.84 Å². The van der Waals surface area contributed by atoms with Gasteiger partial charge in [0.05, 0.1) is 17.6 Å². The van der Waals surface area contributed by atoms with Crippen LogP contribution < -0.4 is 5.32 Å². The van der Waals surface area contributed by atoms with Crippen LogP contribution in [0.1, 0.15) is 40.5 Å². The van der Waals surface area contributed by atoms with Crippen LogP contribution >= 0.6 is 0 Å². The normalized spacial score (nSPS) is 23.6. The Morgan fingerprint density at radius 2 is 1.90 bits per heavy atom. The molecule has 0 saturated carbocycles. The highest BCUT2D eigenvalue weighted by Gasteiger charge is 2.33. The van der Waals surface area contributed by atoms with Crippen LogP contribution in [0.25, 0.3) is 0 Å². The molecular formula is C15H31NO3S. The van der Waals surface area contributed by atoms with E-state index in [0.29, 0.717) is 29.3 Å². The van der Waals surface area contributed by atoms with Gasteiger partial charge in [-0.2, -0.15) is 0 Å². The Labute approximate surface area is 124 Å². The molecule has 4 nitrogen and oxygen atoms in total. The van der Waals surface area contributed by atoms with E-state index in [0.717, 1.165) is 32.5 Å². The largest absolute Gasteiger partial charge is 0.379 e. The standard InChI is InChI=1S/C15H31NO3S/c1-12(2)9-16-10-14(5-7-19-13(3)4)15-6-8-20(17,18)11-15/h12-16H,5-11H2,1-4H3. The van der Waals surface area contributed by atoms with Gasteiger partial charge in [-0.05, 0) is 57.5 Å². The van der Waals surface area contributed by atoms with Gasteiger partial charge in [0.1, 0.15) is 0 Å². The lowest BCUT2D eigenvalue weighted by Gasteiger charge is -2.24. The second-order valence-electron chi connectivity index (χ2n) is 6.68. The van der Waals surface area contributed by atoms with E-state index < -0.39 is 9.84 Å². The Balaban J connectivity index is 2.46. The SMILES string of the molecule is CC(C)CNCC(CCOC(C)C)C1CCS(=O)(=O)C1. The van der Waals surface area contributed by atoms with Crippen LogP contribution in [0, 0.1) is 17.8 Å². The minimum Gasteiger partial charge on any atom is -0.379 e. The highest BCUT2D eigenvalue weighted by molar-refractivity contribution is 7.91. The van der Waals surface area contributed by atoms with E-state index >= 15 is 0 Å².